The fourth-order valence-corrected chi connectivity index (χ4v) is 2.45. The smallest absolute Gasteiger partial charge is 0.0955 e. The van der Waals surface area contributed by atoms with Crippen LogP contribution in [0.15, 0.2) is 11.4 Å². The molecule has 0 aliphatic carbocycles. The van der Waals surface area contributed by atoms with Crippen LogP contribution in [0.1, 0.15) is 4.88 Å². The summed E-state index contributed by atoms with van der Waals surface area (Å²) in [5.74, 6) is 6.29. The minimum atomic E-state index is 0.771. The number of piperazine rings is 1. The second kappa shape index (κ2) is 5.53. The van der Waals surface area contributed by atoms with Gasteiger partial charge in [0.25, 0.3) is 0 Å². The number of hydrogen-bond acceptors (Lipinski definition) is 3. The highest BCUT2D eigenvalue weighted by molar-refractivity contribution is 7.11. The largest absolute Gasteiger partial charge is 0.314 e. The number of thiophene rings is 1. The van der Waals surface area contributed by atoms with E-state index in [4.69, 9.17) is 11.6 Å². The molecule has 0 saturated carbocycles. The van der Waals surface area contributed by atoms with Gasteiger partial charge in [0.2, 0.25) is 0 Å². The molecule has 0 unspecified atom stereocenters. The Morgan fingerprint density at radius 2 is 2.27 bits per heavy atom. The van der Waals surface area contributed by atoms with E-state index in [0.29, 0.717) is 0 Å². The average molecular weight is 241 g/mol. The van der Waals surface area contributed by atoms with Gasteiger partial charge in [-0.25, -0.2) is 0 Å². The van der Waals surface area contributed by atoms with Crippen molar-refractivity contribution in [2.75, 3.05) is 32.7 Å². The third-order valence-electron chi connectivity index (χ3n) is 2.33. The summed E-state index contributed by atoms with van der Waals surface area (Å²) in [6.45, 7) is 5.17. The van der Waals surface area contributed by atoms with E-state index < -0.39 is 0 Å². The summed E-state index contributed by atoms with van der Waals surface area (Å²) in [7, 11) is 0. The lowest BCUT2D eigenvalue weighted by molar-refractivity contribution is 0.268. The van der Waals surface area contributed by atoms with Crippen LogP contribution in [0, 0.1) is 11.8 Å². The molecule has 15 heavy (non-hydrogen) atoms. The first kappa shape index (κ1) is 11.0. The third kappa shape index (κ3) is 3.22. The van der Waals surface area contributed by atoms with Crippen LogP contribution in [0.5, 0.6) is 0 Å². The summed E-state index contributed by atoms with van der Waals surface area (Å²) in [5, 5.41) is 6.06. The Kier molecular flexibility index (Phi) is 4.04. The molecule has 1 saturated heterocycles. The van der Waals surface area contributed by atoms with E-state index in [9.17, 15) is 0 Å². The lowest BCUT2D eigenvalue weighted by Crippen LogP contribution is -2.43. The van der Waals surface area contributed by atoms with Gasteiger partial charge in [0.15, 0.2) is 0 Å². The number of halogens is 1. The Morgan fingerprint density at radius 1 is 1.47 bits per heavy atom. The molecule has 1 fully saturated rings. The van der Waals surface area contributed by atoms with E-state index in [1.165, 1.54) is 0 Å². The third-order valence-corrected chi connectivity index (χ3v) is 3.59. The van der Waals surface area contributed by atoms with Crippen molar-refractivity contribution in [3.63, 3.8) is 0 Å². The summed E-state index contributed by atoms with van der Waals surface area (Å²) >= 11 is 7.55. The molecule has 1 aromatic rings. The minimum absolute atomic E-state index is 0.771. The molecule has 2 heterocycles. The van der Waals surface area contributed by atoms with Crippen molar-refractivity contribution in [3.8, 4) is 11.8 Å². The molecule has 0 atom stereocenters. The van der Waals surface area contributed by atoms with Crippen LogP contribution in [-0.4, -0.2) is 37.6 Å². The molecular weight excluding hydrogens is 228 g/mol. The van der Waals surface area contributed by atoms with Gasteiger partial charge in [-0.1, -0.05) is 23.4 Å². The van der Waals surface area contributed by atoms with Gasteiger partial charge < -0.3 is 5.32 Å². The predicted molar refractivity (Wildman–Crippen MR) is 65.5 cm³/mol. The normalized spacial score (nSPS) is 17.1. The lowest BCUT2D eigenvalue weighted by atomic mass is 10.3. The highest BCUT2D eigenvalue weighted by Gasteiger charge is 2.06. The first-order chi connectivity index (χ1) is 7.36. The van der Waals surface area contributed by atoms with Gasteiger partial charge in [-0.05, 0) is 11.4 Å². The molecule has 0 bridgehead atoms. The van der Waals surface area contributed by atoms with Gasteiger partial charge in [0.1, 0.15) is 0 Å². The summed E-state index contributed by atoms with van der Waals surface area (Å²) in [5.41, 5.74) is 0. The van der Waals surface area contributed by atoms with Crippen molar-refractivity contribution in [1.82, 2.24) is 10.2 Å². The molecule has 2 rings (SSSR count). The molecule has 1 aliphatic heterocycles. The van der Waals surface area contributed by atoms with Crippen molar-refractivity contribution in [3.05, 3.63) is 21.3 Å². The van der Waals surface area contributed by atoms with Gasteiger partial charge in [-0.15, -0.1) is 11.3 Å². The van der Waals surface area contributed by atoms with E-state index >= 15 is 0 Å². The van der Waals surface area contributed by atoms with E-state index in [-0.39, 0.29) is 0 Å². The quantitative estimate of drug-likeness (QED) is 0.752. The molecular formula is C11H13ClN2S. The first-order valence-electron chi connectivity index (χ1n) is 5.01. The SMILES string of the molecule is Clc1ccsc1C#CCN1CCNCC1. The van der Waals surface area contributed by atoms with Gasteiger partial charge >= 0.3 is 0 Å². The zero-order chi connectivity index (χ0) is 10.5. The Hall–Kier alpha value is -0.530. The molecule has 1 N–H and O–H groups in total. The van der Waals surface area contributed by atoms with Crippen LogP contribution in [0.25, 0.3) is 0 Å². The highest BCUT2D eigenvalue weighted by Crippen LogP contribution is 2.20. The van der Waals surface area contributed by atoms with Crippen molar-refractivity contribution in [2.24, 2.45) is 0 Å². The fraction of sp³-hybridized carbons (Fsp3) is 0.455. The van der Waals surface area contributed by atoms with Crippen LogP contribution in [-0.2, 0) is 0 Å². The molecule has 0 radical (unpaired) electrons. The second-order valence-corrected chi connectivity index (χ2v) is 4.75. The lowest BCUT2D eigenvalue weighted by Gasteiger charge is -2.24. The number of rotatable bonds is 1. The zero-order valence-corrected chi connectivity index (χ0v) is 10.00. The van der Waals surface area contributed by atoms with Crippen LogP contribution >= 0.6 is 22.9 Å². The van der Waals surface area contributed by atoms with E-state index in [1.54, 1.807) is 11.3 Å². The topological polar surface area (TPSA) is 15.3 Å². The van der Waals surface area contributed by atoms with Crippen LogP contribution in [0.4, 0.5) is 0 Å². The maximum absolute atomic E-state index is 5.95. The van der Waals surface area contributed by atoms with Gasteiger partial charge in [-0.3, -0.25) is 4.90 Å². The standard InChI is InChI=1S/C11H13ClN2S/c12-10-3-9-15-11(10)2-1-6-14-7-4-13-5-8-14/h3,9,13H,4-8H2. The maximum Gasteiger partial charge on any atom is 0.0955 e. The first-order valence-corrected chi connectivity index (χ1v) is 6.27. The summed E-state index contributed by atoms with van der Waals surface area (Å²) in [6.07, 6.45) is 0. The van der Waals surface area contributed by atoms with Crippen molar-refractivity contribution in [2.45, 2.75) is 0 Å². The number of hydrogen-bond donors (Lipinski definition) is 1. The minimum Gasteiger partial charge on any atom is -0.314 e. The van der Waals surface area contributed by atoms with Crippen molar-refractivity contribution < 1.29 is 0 Å². The van der Waals surface area contributed by atoms with E-state index in [1.807, 2.05) is 11.4 Å². The molecule has 4 heteroatoms. The van der Waals surface area contributed by atoms with Crippen molar-refractivity contribution in [1.29, 1.82) is 0 Å². The Balaban J connectivity index is 1.87. The summed E-state index contributed by atoms with van der Waals surface area (Å²) < 4.78 is 0. The van der Waals surface area contributed by atoms with E-state index in [2.05, 4.69) is 22.1 Å². The average Bonchev–Trinajstić information content (AvgIpc) is 2.66. The maximum atomic E-state index is 5.95. The summed E-state index contributed by atoms with van der Waals surface area (Å²) in [4.78, 5) is 3.33. The molecule has 2 nitrogen and oxygen atoms in total. The van der Waals surface area contributed by atoms with Gasteiger partial charge in [0, 0.05) is 26.2 Å². The molecule has 0 spiro atoms. The zero-order valence-electron chi connectivity index (χ0n) is 8.42. The second-order valence-electron chi connectivity index (χ2n) is 3.43. The Morgan fingerprint density at radius 3 is 2.93 bits per heavy atom. The monoisotopic (exact) mass is 240 g/mol. The van der Waals surface area contributed by atoms with Crippen LogP contribution in [0.3, 0.4) is 0 Å². The van der Waals surface area contributed by atoms with Gasteiger partial charge in [0.05, 0.1) is 16.4 Å². The number of nitrogens with one attached hydrogen (secondary N) is 1. The van der Waals surface area contributed by atoms with Crippen LogP contribution in [0.2, 0.25) is 5.02 Å². The van der Waals surface area contributed by atoms with Crippen LogP contribution < -0.4 is 5.32 Å². The molecule has 0 amide bonds. The Labute approximate surface area is 99.2 Å². The van der Waals surface area contributed by atoms with E-state index in [0.717, 1.165) is 42.6 Å². The predicted octanol–water partition coefficient (Wildman–Crippen LogP) is 1.66. The highest BCUT2D eigenvalue weighted by atomic mass is 35.5. The fourth-order valence-electron chi connectivity index (χ4n) is 1.48. The molecule has 0 aromatic carbocycles. The summed E-state index contributed by atoms with van der Waals surface area (Å²) in [6, 6.07) is 1.89. The number of nitrogens with zero attached hydrogens (tertiary/aromatic N) is 1. The molecule has 1 aromatic heterocycles. The van der Waals surface area contributed by atoms with Crippen molar-refractivity contribution >= 4 is 22.9 Å². The Bertz CT molecular complexity index is 371. The van der Waals surface area contributed by atoms with Gasteiger partial charge in [-0.2, -0.15) is 0 Å². The molecule has 1 aliphatic rings. The molecule has 80 valence electrons.